The topological polar surface area (TPSA) is 68.5 Å². The Hall–Kier alpha value is -3.56. The van der Waals surface area contributed by atoms with E-state index in [2.05, 4.69) is 0 Å². The Balaban J connectivity index is 1.84. The number of para-hydroxylation sites is 1. The SMILES string of the molecule is CC(C)(C)OC(=O)n1cc([C@@]2(C(F)(F)F)Sc3ccccc3[C@H](O)[C@H]2C(=O)c2ccccc2)c2ccccc21. The van der Waals surface area contributed by atoms with Gasteiger partial charge in [0.05, 0.1) is 17.5 Å². The Labute approximate surface area is 227 Å². The number of halogens is 3. The fourth-order valence-electron chi connectivity index (χ4n) is 5.11. The fraction of sp³-hybridized carbons (Fsp3) is 0.267. The number of hydrogen-bond donors (Lipinski definition) is 1. The van der Waals surface area contributed by atoms with Crippen molar-refractivity contribution in [2.45, 2.75) is 48.3 Å². The number of nitrogens with zero attached hydrogens (tertiary/aromatic N) is 1. The zero-order valence-corrected chi connectivity index (χ0v) is 22.2. The lowest BCUT2D eigenvalue weighted by atomic mass is 9.74. The van der Waals surface area contributed by atoms with Crippen LogP contribution in [0.3, 0.4) is 0 Å². The first-order valence-electron chi connectivity index (χ1n) is 12.3. The highest BCUT2D eigenvalue weighted by atomic mass is 32.2. The fourth-order valence-corrected chi connectivity index (χ4v) is 6.67. The molecule has 5 nitrogen and oxygen atoms in total. The molecule has 0 unspecified atom stereocenters. The number of carbonyl (C=O) groups excluding carboxylic acids is 2. The van der Waals surface area contributed by atoms with Gasteiger partial charge in [-0.15, -0.1) is 11.8 Å². The number of aliphatic hydroxyl groups is 1. The van der Waals surface area contributed by atoms with E-state index in [0.717, 1.165) is 10.8 Å². The van der Waals surface area contributed by atoms with Crippen molar-refractivity contribution in [2.75, 3.05) is 0 Å². The average Bonchev–Trinajstić information content (AvgIpc) is 3.27. The summed E-state index contributed by atoms with van der Waals surface area (Å²) in [6.07, 6.45) is -6.54. The summed E-state index contributed by atoms with van der Waals surface area (Å²) in [5, 5.41) is 11.7. The van der Waals surface area contributed by atoms with Gasteiger partial charge in [0.15, 0.2) is 10.5 Å². The van der Waals surface area contributed by atoms with Crippen molar-refractivity contribution in [2.24, 2.45) is 5.92 Å². The van der Waals surface area contributed by atoms with Crippen molar-refractivity contribution >= 4 is 34.5 Å². The lowest BCUT2D eigenvalue weighted by molar-refractivity contribution is -0.180. The van der Waals surface area contributed by atoms with Crippen LogP contribution in [-0.2, 0) is 9.48 Å². The Morgan fingerprint density at radius 3 is 2.21 bits per heavy atom. The Bertz CT molecular complexity index is 1560. The predicted molar refractivity (Wildman–Crippen MR) is 143 cm³/mol. The number of benzene rings is 3. The summed E-state index contributed by atoms with van der Waals surface area (Å²) in [5.74, 6) is -2.80. The van der Waals surface area contributed by atoms with Crippen LogP contribution >= 0.6 is 11.8 Å². The van der Waals surface area contributed by atoms with Gasteiger partial charge < -0.3 is 9.84 Å². The van der Waals surface area contributed by atoms with Crippen LogP contribution in [0.1, 0.15) is 48.4 Å². The van der Waals surface area contributed by atoms with E-state index in [0.29, 0.717) is 11.8 Å². The van der Waals surface area contributed by atoms with E-state index in [-0.39, 0.29) is 32.5 Å². The Kier molecular flexibility index (Phi) is 6.63. The molecule has 9 heteroatoms. The van der Waals surface area contributed by atoms with Crippen LogP contribution in [-0.4, -0.2) is 33.3 Å². The Morgan fingerprint density at radius 2 is 1.54 bits per heavy atom. The number of hydrogen-bond acceptors (Lipinski definition) is 5. The third-order valence-corrected chi connectivity index (χ3v) is 8.35. The number of aromatic nitrogens is 1. The largest absolute Gasteiger partial charge is 0.443 e. The van der Waals surface area contributed by atoms with E-state index in [1.807, 2.05) is 0 Å². The third kappa shape index (κ3) is 4.53. The summed E-state index contributed by atoms with van der Waals surface area (Å²) < 4.78 is 50.6. The quantitative estimate of drug-likeness (QED) is 0.266. The molecule has 1 aliphatic heterocycles. The van der Waals surface area contributed by atoms with Gasteiger partial charge in [0.1, 0.15) is 5.60 Å². The maximum absolute atomic E-state index is 15.7. The number of thioether (sulfide) groups is 1. The molecular formula is C30H26F3NO4S. The van der Waals surface area contributed by atoms with Gasteiger partial charge in [-0.3, -0.25) is 9.36 Å². The van der Waals surface area contributed by atoms with Gasteiger partial charge in [-0.05, 0) is 38.5 Å². The molecule has 0 spiro atoms. The molecule has 3 aromatic carbocycles. The number of ketones is 1. The zero-order valence-electron chi connectivity index (χ0n) is 21.4. The number of aliphatic hydroxyl groups excluding tert-OH is 1. The highest BCUT2D eigenvalue weighted by Crippen LogP contribution is 2.65. The van der Waals surface area contributed by atoms with Gasteiger partial charge >= 0.3 is 12.3 Å². The summed E-state index contributed by atoms with van der Waals surface area (Å²) >= 11 is 0.481. The highest BCUT2D eigenvalue weighted by Gasteiger charge is 2.68. The first-order chi connectivity index (χ1) is 18.3. The molecule has 0 saturated carbocycles. The molecule has 1 N–H and O–H groups in total. The molecule has 0 radical (unpaired) electrons. The molecule has 1 aromatic heterocycles. The smallest absolute Gasteiger partial charge is 0.419 e. The number of alkyl halides is 3. The van der Waals surface area contributed by atoms with Crippen LogP contribution in [0.25, 0.3) is 10.9 Å². The lowest BCUT2D eigenvalue weighted by Gasteiger charge is -2.46. The second kappa shape index (κ2) is 9.57. The third-order valence-electron chi connectivity index (χ3n) is 6.73. The average molecular weight is 554 g/mol. The minimum atomic E-state index is -5.02. The number of ether oxygens (including phenoxy) is 1. The second-order valence-electron chi connectivity index (χ2n) is 10.4. The second-order valence-corrected chi connectivity index (χ2v) is 11.7. The number of fused-ring (bicyclic) bond motifs is 2. The van der Waals surface area contributed by atoms with Crippen LogP contribution in [0.4, 0.5) is 18.0 Å². The number of rotatable bonds is 3. The standard InChI is InChI=1S/C30H26F3NO4S/c1-28(2,3)38-27(37)34-17-21(19-13-7-9-15-22(19)34)29(30(31,32)33)24(25(35)18-11-5-4-6-12-18)26(36)20-14-8-10-16-23(20)39-29/h4-17,24,26,36H,1-3H3/t24-,26+,29-/m1/s1. The zero-order chi connectivity index (χ0) is 28.2. The monoisotopic (exact) mass is 553 g/mol. The first-order valence-corrected chi connectivity index (χ1v) is 13.1. The van der Waals surface area contributed by atoms with E-state index in [9.17, 15) is 14.7 Å². The van der Waals surface area contributed by atoms with Crippen LogP contribution < -0.4 is 0 Å². The van der Waals surface area contributed by atoms with Crippen molar-refractivity contribution in [3.8, 4) is 0 Å². The lowest BCUT2D eigenvalue weighted by Crippen LogP contribution is -2.53. The normalized spacial score (nSPS) is 21.4. The summed E-state index contributed by atoms with van der Waals surface area (Å²) in [6, 6.07) is 20.1. The van der Waals surface area contributed by atoms with E-state index >= 15 is 13.2 Å². The number of Topliss-reactive ketones (excluding diaryl/α,β-unsaturated/α-hetero) is 1. The van der Waals surface area contributed by atoms with Crippen LogP contribution in [0, 0.1) is 5.92 Å². The molecule has 0 saturated heterocycles. The molecule has 2 heterocycles. The molecule has 202 valence electrons. The van der Waals surface area contributed by atoms with Crippen LogP contribution in [0.15, 0.2) is 90.0 Å². The van der Waals surface area contributed by atoms with Crippen LogP contribution in [0.2, 0.25) is 0 Å². The first kappa shape index (κ1) is 27.0. The van der Waals surface area contributed by atoms with Gasteiger partial charge in [0.25, 0.3) is 0 Å². The predicted octanol–water partition coefficient (Wildman–Crippen LogP) is 7.52. The molecule has 4 aromatic rings. The van der Waals surface area contributed by atoms with Crippen molar-refractivity contribution in [1.82, 2.24) is 4.57 Å². The van der Waals surface area contributed by atoms with E-state index in [1.165, 1.54) is 36.4 Å². The summed E-state index contributed by atoms with van der Waals surface area (Å²) in [7, 11) is 0. The molecule has 0 aliphatic carbocycles. The molecule has 1 aliphatic rings. The summed E-state index contributed by atoms with van der Waals surface area (Å²) in [6.45, 7) is 4.98. The van der Waals surface area contributed by atoms with Gasteiger partial charge in [0, 0.05) is 27.6 Å². The summed E-state index contributed by atoms with van der Waals surface area (Å²) in [4.78, 5) is 27.3. The van der Waals surface area contributed by atoms with Gasteiger partial charge in [0.2, 0.25) is 0 Å². The highest BCUT2D eigenvalue weighted by molar-refractivity contribution is 8.00. The van der Waals surface area contributed by atoms with E-state index in [1.54, 1.807) is 63.2 Å². The minimum absolute atomic E-state index is 0.0473. The van der Waals surface area contributed by atoms with Crippen molar-refractivity contribution in [3.63, 3.8) is 0 Å². The molecule has 0 amide bonds. The van der Waals surface area contributed by atoms with Crippen molar-refractivity contribution in [3.05, 3.63) is 102 Å². The molecule has 3 atom stereocenters. The molecule has 39 heavy (non-hydrogen) atoms. The summed E-state index contributed by atoms with van der Waals surface area (Å²) in [5.41, 5.74) is -0.710. The minimum Gasteiger partial charge on any atom is -0.443 e. The van der Waals surface area contributed by atoms with E-state index < -0.39 is 40.4 Å². The molecular weight excluding hydrogens is 527 g/mol. The van der Waals surface area contributed by atoms with Crippen molar-refractivity contribution < 1.29 is 32.6 Å². The molecule has 0 fully saturated rings. The van der Waals surface area contributed by atoms with Crippen molar-refractivity contribution in [1.29, 1.82) is 0 Å². The maximum Gasteiger partial charge on any atom is 0.419 e. The molecule has 5 rings (SSSR count). The number of carbonyl (C=O) groups is 2. The Morgan fingerprint density at radius 1 is 0.923 bits per heavy atom. The van der Waals surface area contributed by atoms with Crippen LogP contribution in [0.5, 0.6) is 0 Å². The molecule has 0 bridgehead atoms. The maximum atomic E-state index is 15.7. The van der Waals surface area contributed by atoms with Gasteiger partial charge in [-0.25, -0.2) is 4.79 Å². The van der Waals surface area contributed by atoms with Gasteiger partial charge in [-0.2, -0.15) is 13.2 Å². The van der Waals surface area contributed by atoms with Gasteiger partial charge in [-0.1, -0.05) is 66.7 Å². The van der Waals surface area contributed by atoms with E-state index in [4.69, 9.17) is 4.74 Å².